The first-order valence-electron chi connectivity index (χ1n) is 7.87. The number of thioether (sulfide) groups is 1. The molecule has 2 N–H and O–H groups in total. The first-order valence-corrected chi connectivity index (χ1v) is 8.85. The lowest BCUT2D eigenvalue weighted by atomic mass is 10.2. The van der Waals surface area contributed by atoms with Crippen molar-refractivity contribution in [2.75, 3.05) is 17.6 Å². The van der Waals surface area contributed by atoms with Crippen LogP contribution in [0.1, 0.15) is 0 Å². The SMILES string of the molecule is O=C(CSc1ncnc2ccccc12)NCC(=O)Nc1ccc(F)c(F)c1. The number of aromatic nitrogens is 2. The molecule has 3 rings (SSSR count). The highest BCUT2D eigenvalue weighted by atomic mass is 32.2. The zero-order valence-electron chi connectivity index (χ0n) is 13.9. The van der Waals surface area contributed by atoms with Crippen LogP contribution in [0.2, 0.25) is 0 Å². The van der Waals surface area contributed by atoms with Crippen molar-refractivity contribution >= 4 is 40.2 Å². The average Bonchev–Trinajstić information content (AvgIpc) is 2.67. The Hall–Kier alpha value is -3.07. The zero-order chi connectivity index (χ0) is 19.2. The van der Waals surface area contributed by atoms with Crippen molar-refractivity contribution in [3.8, 4) is 0 Å². The number of anilines is 1. The van der Waals surface area contributed by atoms with Gasteiger partial charge in [-0.25, -0.2) is 18.7 Å². The molecule has 1 heterocycles. The van der Waals surface area contributed by atoms with Gasteiger partial charge in [-0.2, -0.15) is 0 Å². The lowest BCUT2D eigenvalue weighted by Gasteiger charge is -2.08. The monoisotopic (exact) mass is 388 g/mol. The summed E-state index contributed by atoms with van der Waals surface area (Å²) in [6.07, 6.45) is 1.43. The second-order valence-electron chi connectivity index (χ2n) is 5.44. The van der Waals surface area contributed by atoms with E-state index >= 15 is 0 Å². The van der Waals surface area contributed by atoms with Crippen LogP contribution in [0.15, 0.2) is 53.8 Å². The number of amides is 2. The van der Waals surface area contributed by atoms with Gasteiger partial charge in [0.15, 0.2) is 11.6 Å². The van der Waals surface area contributed by atoms with E-state index in [1.165, 1.54) is 24.2 Å². The predicted molar refractivity (Wildman–Crippen MR) is 98.3 cm³/mol. The van der Waals surface area contributed by atoms with Crippen LogP contribution < -0.4 is 10.6 Å². The Labute approximate surface area is 157 Å². The van der Waals surface area contributed by atoms with Gasteiger partial charge in [-0.05, 0) is 18.2 Å². The van der Waals surface area contributed by atoms with Crippen molar-refractivity contribution in [3.05, 3.63) is 60.4 Å². The summed E-state index contributed by atoms with van der Waals surface area (Å²) < 4.78 is 26.0. The summed E-state index contributed by atoms with van der Waals surface area (Å²) in [5, 5.41) is 6.35. The number of halogens is 2. The molecule has 0 unspecified atom stereocenters. The van der Waals surface area contributed by atoms with Gasteiger partial charge in [-0.3, -0.25) is 9.59 Å². The summed E-state index contributed by atoms with van der Waals surface area (Å²) in [4.78, 5) is 32.1. The number of hydrogen-bond acceptors (Lipinski definition) is 5. The largest absolute Gasteiger partial charge is 0.346 e. The van der Waals surface area contributed by atoms with E-state index in [1.54, 1.807) is 0 Å². The van der Waals surface area contributed by atoms with Gasteiger partial charge in [0.1, 0.15) is 11.4 Å². The van der Waals surface area contributed by atoms with Crippen LogP contribution in [0.5, 0.6) is 0 Å². The van der Waals surface area contributed by atoms with E-state index < -0.39 is 17.5 Å². The van der Waals surface area contributed by atoms with E-state index in [0.717, 1.165) is 23.0 Å². The highest BCUT2D eigenvalue weighted by Gasteiger charge is 2.10. The molecule has 0 aliphatic carbocycles. The van der Waals surface area contributed by atoms with Crippen LogP contribution in [0.25, 0.3) is 10.9 Å². The second-order valence-corrected chi connectivity index (χ2v) is 6.40. The Balaban J connectivity index is 1.49. The first-order chi connectivity index (χ1) is 13.0. The molecule has 6 nitrogen and oxygen atoms in total. The normalized spacial score (nSPS) is 10.6. The number of carbonyl (C=O) groups excluding carboxylic acids is 2. The number of benzene rings is 2. The summed E-state index contributed by atoms with van der Waals surface area (Å²) in [5.41, 5.74) is 0.885. The number of hydrogen-bond donors (Lipinski definition) is 2. The van der Waals surface area contributed by atoms with Crippen molar-refractivity contribution in [1.29, 1.82) is 0 Å². The summed E-state index contributed by atoms with van der Waals surface area (Å²) in [5.74, 6) is -2.91. The summed E-state index contributed by atoms with van der Waals surface area (Å²) in [6, 6.07) is 10.4. The lowest BCUT2D eigenvalue weighted by Crippen LogP contribution is -2.33. The van der Waals surface area contributed by atoms with Crippen molar-refractivity contribution in [2.24, 2.45) is 0 Å². The molecule has 2 aromatic carbocycles. The molecule has 0 aliphatic rings. The number of para-hydroxylation sites is 1. The molecule has 0 atom stereocenters. The number of fused-ring (bicyclic) bond motifs is 1. The van der Waals surface area contributed by atoms with Crippen LogP contribution in [0, 0.1) is 11.6 Å². The summed E-state index contributed by atoms with van der Waals surface area (Å²) >= 11 is 1.23. The topological polar surface area (TPSA) is 84.0 Å². The van der Waals surface area contributed by atoms with E-state index in [0.29, 0.717) is 5.03 Å². The molecule has 0 bridgehead atoms. The van der Waals surface area contributed by atoms with Gasteiger partial charge >= 0.3 is 0 Å². The van der Waals surface area contributed by atoms with Crippen LogP contribution in [-0.2, 0) is 9.59 Å². The maximum absolute atomic E-state index is 13.1. The van der Waals surface area contributed by atoms with Gasteiger partial charge in [-0.1, -0.05) is 30.0 Å². The molecule has 2 amide bonds. The van der Waals surface area contributed by atoms with E-state index in [2.05, 4.69) is 20.6 Å². The average molecular weight is 388 g/mol. The van der Waals surface area contributed by atoms with E-state index in [-0.39, 0.29) is 23.9 Å². The van der Waals surface area contributed by atoms with Crippen molar-refractivity contribution < 1.29 is 18.4 Å². The van der Waals surface area contributed by atoms with Gasteiger partial charge < -0.3 is 10.6 Å². The van der Waals surface area contributed by atoms with E-state index in [4.69, 9.17) is 0 Å². The third-order valence-corrected chi connectivity index (χ3v) is 4.50. The molecule has 1 aromatic heterocycles. The Bertz CT molecular complexity index is 995. The Morgan fingerprint density at radius 3 is 2.63 bits per heavy atom. The van der Waals surface area contributed by atoms with Crippen LogP contribution in [0.4, 0.5) is 14.5 Å². The molecule has 0 saturated heterocycles. The molecule has 0 radical (unpaired) electrons. The highest BCUT2D eigenvalue weighted by molar-refractivity contribution is 8.00. The summed E-state index contributed by atoms with van der Waals surface area (Å²) in [7, 11) is 0. The smallest absolute Gasteiger partial charge is 0.243 e. The van der Waals surface area contributed by atoms with Gasteiger partial charge in [-0.15, -0.1) is 0 Å². The number of rotatable bonds is 6. The summed E-state index contributed by atoms with van der Waals surface area (Å²) in [6.45, 7) is -0.289. The Kier molecular flexibility index (Phi) is 5.92. The number of nitrogens with one attached hydrogen (secondary N) is 2. The number of nitrogens with zero attached hydrogens (tertiary/aromatic N) is 2. The predicted octanol–water partition coefficient (Wildman–Crippen LogP) is 2.76. The molecule has 27 heavy (non-hydrogen) atoms. The quantitative estimate of drug-likeness (QED) is 0.501. The second kappa shape index (κ2) is 8.54. The zero-order valence-corrected chi connectivity index (χ0v) is 14.7. The fourth-order valence-corrected chi connectivity index (χ4v) is 3.06. The molecule has 0 saturated carbocycles. The maximum atomic E-state index is 13.1. The van der Waals surface area contributed by atoms with Crippen LogP contribution >= 0.6 is 11.8 Å². The highest BCUT2D eigenvalue weighted by Crippen LogP contribution is 2.23. The third kappa shape index (κ3) is 4.98. The minimum atomic E-state index is -1.06. The molecule has 138 valence electrons. The lowest BCUT2D eigenvalue weighted by molar-refractivity contribution is -0.122. The van der Waals surface area contributed by atoms with Gasteiger partial charge in [0.05, 0.1) is 17.8 Å². The molecular weight excluding hydrogens is 374 g/mol. The maximum Gasteiger partial charge on any atom is 0.243 e. The van der Waals surface area contributed by atoms with Crippen LogP contribution in [0.3, 0.4) is 0 Å². The molecule has 0 fully saturated rings. The Morgan fingerprint density at radius 1 is 1.00 bits per heavy atom. The van der Waals surface area contributed by atoms with E-state index in [9.17, 15) is 18.4 Å². The van der Waals surface area contributed by atoms with Crippen molar-refractivity contribution in [2.45, 2.75) is 5.03 Å². The van der Waals surface area contributed by atoms with Crippen molar-refractivity contribution in [3.63, 3.8) is 0 Å². The molecule has 0 spiro atoms. The van der Waals surface area contributed by atoms with Gasteiger partial charge in [0.2, 0.25) is 11.8 Å². The fourth-order valence-electron chi connectivity index (χ4n) is 2.24. The fraction of sp³-hybridized carbons (Fsp3) is 0.111. The molecule has 0 aliphatic heterocycles. The molecule has 3 aromatic rings. The van der Waals surface area contributed by atoms with Gasteiger partial charge in [0, 0.05) is 17.1 Å². The van der Waals surface area contributed by atoms with E-state index in [1.807, 2.05) is 24.3 Å². The molecular formula is C18H14F2N4O2S. The first kappa shape index (κ1) is 18.7. The minimum absolute atomic E-state index is 0.0689. The number of carbonyl (C=O) groups is 2. The third-order valence-electron chi connectivity index (χ3n) is 3.50. The van der Waals surface area contributed by atoms with Gasteiger partial charge in [0.25, 0.3) is 0 Å². The van der Waals surface area contributed by atoms with Crippen molar-refractivity contribution in [1.82, 2.24) is 15.3 Å². The Morgan fingerprint density at radius 2 is 1.81 bits per heavy atom. The minimum Gasteiger partial charge on any atom is -0.346 e. The standard InChI is InChI=1S/C18H14F2N4O2S/c19-13-6-5-11(7-14(13)20)24-16(25)8-21-17(26)9-27-18-12-3-1-2-4-15(12)22-10-23-18/h1-7,10H,8-9H2,(H,21,26)(H,24,25). The van der Waals surface area contributed by atoms with Crippen LogP contribution in [-0.4, -0.2) is 34.1 Å². The molecule has 9 heteroatoms.